The van der Waals surface area contributed by atoms with Crippen molar-refractivity contribution in [2.75, 3.05) is 20.3 Å². The standard InChI is InChI=1S/C22H25N5O3/c1-15(18-6-9-20-21(12-18)30-11-10-29-20)25-22(28)26(3)16(2)17-4-7-19(8-5-17)27-14-23-13-24-27/h4-9,12-16H,10-11H2,1-3H3,(H,25,28). The third-order valence-corrected chi connectivity index (χ3v) is 5.37. The third-order valence-electron chi connectivity index (χ3n) is 5.37. The maximum absolute atomic E-state index is 12.8. The molecule has 0 saturated carbocycles. The Kier molecular flexibility index (Phi) is 5.56. The van der Waals surface area contributed by atoms with Crippen LogP contribution in [0.1, 0.15) is 37.1 Å². The van der Waals surface area contributed by atoms with Gasteiger partial charge in [0.25, 0.3) is 0 Å². The highest BCUT2D eigenvalue weighted by Crippen LogP contribution is 2.32. The second-order valence-electron chi connectivity index (χ2n) is 7.29. The summed E-state index contributed by atoms with van der Waals surface area (Å²) in [4.78, 5) is 18.5. The van der Waals surface area contributed by atoms with E-state index < -0.39 is 0 Å². The van der Waals surface area contributed by atoms with Crippen molar-refractivity contribution in [3.63, 3.8) is 0 Å². The molecule has 1 aliphatic heterocycles. The van der Waals surface area contributed by atoms with E-state index in [9.17, 15) is 4.79 Å². The zero-order chi connectivity index (χ0) is 21.1. The van der Waals surface area contributed by atoms with Crippen molar-refractivity contribution in [3.05, 3.63) is 66.2 Å². The van der Waals surface area contributed by atoms with Gasteiger partial charge < -0.3 is 19.7 Å². The molecule has 156 valence electrons. The van der Waals surface area contributed by atoms with Crippen LogP contribution in [-0.2, 0) is 0 Å². The number of aromatic nitrogens is 3. The van der Waals surface area contributed by atoms with Crippen LogP contribution in [0, 0.1) is 0 Å². The van der Waals surface area contributed by atoms with Crippen LogP contribution in [0.4, 0.5) is 4.79 Å². The number of rotatable bonds is 5. The molecule has 2 amide bonds. The number of nitrogens with zero attached hydrogens (tertiary/aromatic N) is 4. The van der Waals surface area contributed by atoms with E-state index in [4.69, 9.17) is 9.47 Å². The average Bonchev–Trinajstić information content (AvgIpc) is 3.32. The Morgan fingerprint density at radius 3 is 2.47 bits per heavy atom. The number of amides is 2. The van der Waals surface area contributed by atoms with Crippen LogP contribution in [0.5, 0.6) is 11.5 Å². The van der Waals surface area contributed by atoms with Crippen LogP contribution in [0.25, 0.3) is 5.69 Å². The minimum atomic E-state index is -0.169. The third kappa shape index (κ3) is 4.07. The largest absolute Gasteiger partial charge is 0.486 e. The Bertz CT molecular complexity index is 1000. The van der Waals surface area contributed by atoms with E-state index in [1.54, 1.807) is 23.0 Å². The summed E-state index contributed by atoms with van der Waals surface area (Å²) in [5, 5.41) is 7.18. The number of carbonyl (C=O) groups excluding carboxylic acids is 1. The van der Waals surface area contributed by atoms with Gasteiger partial charge in [0.15, 0.2) is 11.5 Å². The second-order valence-corrected chi connectivity index (χ2v) is 7.29. The summed E-state index contributed by atoms with van der Waals surface area (Å²) in [5.41, 5.74) is 2.91. The Morgan fingerprint density at radius 2 is 1.77 bits per heavy atom. The fraction of sp³-hybridized carbons (Fsp3) is 0.318. The summed E-state index contributed by atoms with van der Waals surface area (Å²) in [6.45, 7) is 5.04. The molecule has 8 nitrogen and oxygen atoms in total. The van der Waals surface area contributed by atoms with Crippen LogP contribution in [0.3, 0.4) is 0 Å². The molecule has 8 heteroatoms. The van der Waals surface area contributed by atoms with Crippen LogP contribution >= 0.6 is 0 Å². The summed E-state index contributed by atoms with van der Waals surface area (Å²) in [6, 6.07) is 13.3. The van der Waals surface area contributed by atoms with E-state index in [1.807, 2.05) is 56.3 Å². The number of urea groups is 1. The van der Waals surface area contributed by atoms with Crippen LogP contribution in [-0.4, -0.2) is 46.0 Å². The molecule has 1 aromatic heterocycles. The first-order valence-electron chi connectivity index (χ1n) is 9.91. The van der Waals surface area contributed by atoms with Gasteiger partial charge in [-0.2, -0.15) is 5.10 Å². The first kappa shape index (κ1) is 19.8. The molecule has 2 unspecified atom stereocenters. The fourth-order valence-electron chi connectivity index (χ4n) is 3.35. The molecule has 0 bridgehead atoms. The van der Waals surface area contributed by atoms with Gasteiger partial charge in [0.1, 0.15) is 25.9 Å². The quantitative estimate of drug-likeness (QED) is 0.700. The molecule has 1 N–H and O–H groups in total. The zero-order valence-electron chi connectivity index (χ0n) is 17.3. The number of hydrogen-bond donors (Lipinski definition) is 1. The number of carbonyl (C=O) groups is 1. The lowest BCUT2D eigenvalue weighted by molar-refractivity contribution is 0.171. The molecule has 1 aliphatic rings. The van der Waals surface area contributed by atoms with Gasteiger partial charge in [0.2, 0.25) is 0 Å². The van der Waals surface area contributed by atoms with E-state index in [-0.39, 0.29) is 18.1 Å². The molecule has 0 aliphatic carbocycles. The fourth-order valence-corrected chi connectivity index (χ4v) is 3.35. The molecule has 30 heavy (non-hydrogen) atoms. The SMILES string of the molecule is CC(NC(=O)N(C)C(C)c1ccc(-n2cncn2)cc1)c1ccc2c(c1)OCCO2. The van der Waals surface area contributed by atoms with Gasteiger partial charge >= 0.3 is 6.03 Å². The molecular formula is C22H25N5O3. The van der Waals surface area contributed by atoms with Crippen molar-refractivity contribution in [2.45, 2.75) is 25.9 Å². The number of hydrogen-bond acceptors (Lipinski definition) is 5. The minimum Gasteiger partial charge on any atom is -0.486 e. The van der Waals surface area contributed by atoms with E-state index in [0.717, 1.165) is 22.6 Å². The first-order valence-corrected chi connectivity index (χ1v) is 9.91. The smallest absolute Gasteiger partial charge is 0.318 e. The van der Waals surface area contributed by atoms with Crippen molar-refractivity contribution in [3.8, 4) is 17.2 Å². The lowest BCUT2D eigenvalue weighted by atomic mass is 10.1. The molecule has 0 radical (unpaired) electrons. The van der Waals surface area contributed by atoms with Gasteiger partial charge in [0.05, 0.1) is 17.8 Å². The topological polar surface area (TPSA) is 81.5 Å². The Morgan fingerprint density at radius 1 is 1.07 bits per heavy atom. The van der Waals surface area contributed by atoms with Crippen LogP contribution in [0.2, 0.25) is 0 Å². The lowest BCUT2D eigenvalue weighted by Crippen LogP contribution is -2.40. The normalized spacial score (nSPS) is 14.6. The zero-order valence-corrected chi connectivity index (χ0v) is 17.3. The predicted octanol–water partition coefficient (Wildman–Crippen LogP) is 3.50. The highest BCUT2D eigenvalue weighted by atomic mass is 16.6. The first-order chi connectivity index (χ1) is 14.5. The number of benzene rings is 2. The summed E-state index contributed by atoms with van der Waals surface area (Å²) in [6.07, 6.45) is 3.15. The Hall–Kier alpha value is -3.55. The van der Waals surface area contributed by atoms with Crippen LogP contribution in [0.15, 0.2) is 55.1 Å². The number of nitrogens with one attached hydrogen (secondary N) is 1. The van der Waals surface area contributed by atoms with Crippen molar-refractivity contribution in [1.29, 1.82) is 0 Å². The van der Waals surface area contributed by atoms with Gasteiger partial charge in [0, 0.05) is 7.05 Å². The van der Waals surface area contributed by atoms with E-state index in [2.05, 4.69) is 15.4 Å². The molecule has 2 heterocycles. The number of fused-ring (bicyclic) bond motifs is 1. The van der Waals surface area contributed by atoms with Crippen molar-refractivity contribution >= 4 is 6.03 Å². The van der Waals surface area contributed by atoms with Gasteiger partial charge in [-0.05, 0) is 49.2 Å². The van der Waals surface area contributed by atoms with Crippen molar-refractivity contribution in [2.24, 2.45) is 0 Å². The molecule has 0 saturated heterocycles. The molecule has 2 atom stereocenters. The monoisotopic (exact) mass is 407 g/mol. The molecule has 0 spiro atoms. The maximum Gasteiger partial charge on any atom is 0.318 e. The maximum atomic E-state index is 12.8. The molecular weight excluding hydrogens is 382 g/mol. The summed E-state index contributed by atoms with van der Waals surface area (Å²) >= 11 is 0. The van der Waals surface area contributed by atoms with Crippen LogP contribution < -0.4 is 14.8 Å². The van der Waals surface area contributed by atoms with Gasteiger partial charge in [-0.3, -0.25) is 0 Å². The molecule has 2 aromatic carbocycles. The van der Waals surface area contributed by atoms with E-state index in [0.29, 0.717) is 19.0 Å². The second kappa shape index (κ2) is 8.44. The summed E-state index contributed by atoms with van der Waals surface area (Å²) < 4.78 is 12.9. The Balaban J connectivity index is 1.40. The predicted molar refractivity (Wildman–Crippen MR) is 112 cm³/mol. The average molecular weight is 407 g/mol. The van der Waals surface area contributed by atoms with Gasteiger partial charge in [-0.15, -0.1) is 0 Å². The van der Waals surface area contributed by atoms with Crippen molar-refractivity contribution in [1.82, 2.24) is 25.0 Å². The van der Waals surface area contributed by atoms with Gasteiger partial charge in [-0.25, -0.2) is 14.5 Å². The lowest BCUT2D eigenvalue weighted by Gasteiger charge is -2.28. The summed E-state index contributed by atoms with van der Waals surface area (Å²) in [7, 11) is 1.79. The highest BCUT2D eigenvalue weighted by molar-refractivity contribution is 5.75. The molecule has 0 fully saturated rings. The van der Waals surface area contributed by atoms with E-state index >= 15 is 0 Å². The van der Waals surface area contributed by atoms with E-state index in [1.165, 1.54) is 6.33 Å². The number of ether oxygens (including phenoxy) is 2. The van der Waals surface area contributed by atoms with Crippen molar-refractivity contribution < 1.29 is 14.3 Å². The molecule has 3 aromatic rings. The molecule has 4 rings (SSSR count). The highest BCUT2D eigenvalue weighted by Gasteiger charge is 2.21. The Labute approximate surface area is 175 Å². The minimum absolute atomic E-state index is 0.0951. The van der Waals surface area contributed by atoms with Gasteiger partial charge in [-0.1, -0.05) is 18.2 Å². The summed E-state index contributed by atoms with van der Waals surface area (Å²) in [5.74, 6) is 1.46.